The molecule has 1 heterocycles. The zero-order valence-electron chi connectivity index (χ0n) is 19.2. The van der Waals surface area contributed by atoms with Crippen LogP contribution in [0.4, 0.5) is 0 Å². The summed E-state index contributed by atoms with van der Waals surface area (Å²) in [5.41, 5.74) is 0.580. The lowest BCUT2D eigenvalue weighted by Crippen LogP contribution is -2.50. The van der Waals surface area contributed by atoms with E-state index in [1.165, 1.54) is 31.0 Å². The molecule has 5 nitrogen and oxygen atoms in total. The van der Waals surface area contributed by atoms with Crippen molar-refractivity contribution in [1.29, 1.82) is 0 Å². The number of carbonyl (C=O) groups is 1. The predicted octanol–water partition coefficient (Wildman–Crippen LogP) is 5.09. The van der Waals surface area contributed by atoms with E-state index in [9.17, 15) is 9.59 Å². The summed E-state index contributed by atoms with van der Waals surface area (Å²) in [7, 11) is 0. The summed E-state index contributed by atoms with van der Waals surface area (Å²) in [5.74, 6) is 3.08. The van der Waals surface area contributed by atoms with Crippen molar-refractivity contribution in [2.24, 2.45) is 23.2 Å². The average Bonchev–Trinajstić information content (AvgIpc) is 2.75. The van der Waals surface area contributed by atoms with Gasteiger partial charge in [0.25, 0.3) is 5.56 Å². The highest BCUT2D eigenvalue weighted by Gasteiger charge is 2.54. The van der Waals surface area contributed by atoms with E-state index in [-0.39, 0.29) is 17.1 Å². The van der Waals surface area contributed by atoms with Gasteiger partial charge in [-0.05, 0) is 88.7 Å². The molecule has 1 aromatic heterocycles. The van der Waals surface area contributed by atoms with Gasteiger partial charge in [-0.2, -0.15) is 0 Å². The molecular weight excluding hydrogens is 420 g/mol. The number of ether oxygens (including phenoxy) is 1. The Hall–Kier alpha value is -1.66. The van der Waals surface area contributed by atoms with Crippen LogP contribution in [0.2, 0.25) is 0 Å². The fourth-order valence-corrected chi connectivity index (χ4v) is 7.79. The number of aromatic nitrogens is 2. The molecule has 0 unspecified atom stereocenters. The normalized spacial score (nSPS) is 28.7. The van der Waals surface area contributed by atoms with Crippen molar-refractivity contribution in [3.05, 3.63) is 34.6 Å². The second-order valence-electron chi connectivity index (χ2n) is 10.6. The molecule has 6 rings (SSSR count). The topological polar surface area (TPSA) is 61.2 Å². The molecule has 4 aliphatic rings. The maximum atomic E-state index is 13.5. The first-order valence-electron chi connectivity index (χ1n) is 12.2. The van der Waals surface area contributed by atoms with E-state index < -0.39 is 0 Å². The summed E-state index contributed by atoms with van der Waals surface area (Å²) in [6, 6.07) is 7.50. The third-order valence-electron chi connectivity index (χ3n) is 7.77. The van der Waals surface area contributed by atoms with Crippen molar-refractivity contribution in [2.75, 3.05) is 12.4 Å². The summed E-state index contributed by atoms with van der Waals surface area (Å²) in [5, 5.41) is 1.30. The van der Waals surface area contributed by atoms with E-state index >= 15 is 0 Å². The maximum Gasteiger partial charge on any atom is 0.262 e. The summed E-state index contributed by atoms with van der Waals surface area (Å²) in [6.45, 7) is 5.19. The summed E-state index contributed by atoms with van der Waals surface area (Å²) in [4.78, 5) is 31.5. The highest BCUT2D eigenvalue weighted by Crippen LogP contribution is 2.60. The highest BCUT2D eigenvalue weighted by molar-refractivity contribution is 7.99. The molecule has 1 aromatic carbocycles. The van der Waals surface area contributed by atoms with Crippen LogP contribution in [-0.2, 0) is 16.1 Å². The molecule has 0 saturated heterocycles. The standard InChI is InChI=1S/C26H34N2O3S/c1-17(2)31-9-5-8-28-24(30)21-6-3-4-7-22(21)27-25(28)32-16-23(29)26-13-18-10-19(14-26)12-20(11-18)15-26/h3-4,6-7,17-20H,5,8-16H2,1-2H3. The number of carbonyl (C=O) groups excluding carboxylic acids is 1. The van der Waals surface area contributed by atoms with Crippen molar-refractivity contribution in [2.45, 2.75) is 76.6 Å². The van der Waals surface area contributed by atoms with Crippen LogP contribution >= 0.6 is 11.8 Å². The van der Waals surface area contributed by atoms with E-state index in [2.05, 4.69) is 0 Å². The average molecular weight is 455 g/mol. The molecule has 172 valence electrons. The first-order valence-corrected chi connectivity index (χ1v) is 13.2. The molecular formula is C26H34N2O3S. The first-order chi connectivity index (χ1) is 15.4. The number of ketones is 1. The van der Waals surface area contributed by atoms with Gasteiger partial charge in [0.1, 0.15) is 5.78 Å². The van der Waals surface area contributed by atoms with Gasteiger partial charge in [-0.15, -0.1) is 0 Å². The zero-order chi connectivity index (χ0) is 22.3. The number of para-hydroxylation sites is 1. The summed E-state index contributed by atoms with van der Waals surface area (Å²) in [6.07, 6.45) is 8.19. The van der Waals surface area contributed by atoms with Crippen LogP contribution in [0.5, 0.6) is 0 Å². The van der Waals surface area contributed by atoms with Crippen LogP contribution in [0.1, 0.15) is 58.8 Å². The molecule has 4 saturated carbocycles. The predicted molar refractivity (Wildman–Crippen MR) is 128 cm³/mol. The lowest BCUT2D eigenvalue weighted by atomic mass is 9.48. The minimum atomic E-state index is -0.102. The molecule has 0 radical (unpaired) electrons. The molecule has 32 heavy (non-hydrogen) atoms. The number of benzene rings is 1. The van der Waals surface area contributed by atoms with Crippen LogP contribution < -0.4 is 5.56 Å². The lowest BCUT2D eigenvalue weighted by Gasteiger charge is -2.56. The Morgan fingerprint density at radius 1 is 1.16 bits per heavy atom. The van der Waals surface area contributed by atoms with Crippen molar-refractivity contribution >= 4 is 28.4 Å². The number of hydrogen-bond donors (Lipinski definition) is 0. The Kier molecular flexibility index (Phi) is 6.19. The molecule has 4 bridgehead atoms. The number of hydrogen-bond acceptors (Lipinski definition) is 5. The molecule has 0 atom stereocenters. The van der Waals surface area contributed by atoms with Crippen LogP contribution in [-0.4, -0.2) is 33.8 Å². The Labute approximate surface area is 194 Å². The van der Waals surface area contributed by atoms with Gasteiger partial charge in [0, 0.05) is 18.6 Å². The van der Waals surface area contributed by atoms with E-state index in [0.717, 1.165) is 43.4 Å². The number of Topliss-reactive ketones (excluding diaryl/α,β-unsaturated/α-hetero) is 1. The second kappa shape index (κ2) is 8.94. The molecule has 0 spiro atoms. The molecule has 6 heteroatoms. The van der Waals surface area contributed by atoms with Gasteiger partial charge >= 0.3 is 0 Å². The van der Waals surface area contributed by atoms with Crippen molar-refractivity contribution in [3.63, 3.8) is 0 Å². The van der Waals surface area contributed by atoms with Gasteiger partial charge in [0.2, 0.25) is 0 Å². The molecule has 0 N–H and O–H groups in total. The largest absolute Gasteiger partial charge is 0.379 e. The Balaban J connectivity index is 1.35. The fraction of sp³-hybridized carbons (Fsp3) is 0.654. The number of nitrogens with zero attached hydrogens (tertiary/aromatic N) is 2. The minimum Gasteiger partial charge on any atom is -0.379 e. The maximum absolute atomic E-state index is 13.5. The SMILES string of the molecule is CC(C)OCCCn1c(SCC(=O)C23CC4CC(CC(C4)C2)C3)nc2ccccc2c1=O. The van der Waals surface area contributed by atoms with Crippen LogP contribution in [0, 0.1) is 23.2 Å². The molecule has 4 fully saturated rings. The third kappa shape index (κ3) is 4.28. The Bertz CT molecular complexity index is 1030. The first kappa shape index (κ1) is 22.1. The summed E-state index contributed by atoms with van der Waals surface area (Å²) < 4.78 is 7.42. The molecule has 0 aliphatic heterocycles. The Morgan fingerprint density at radius 2 is 1.81 bits per heavy atom. The van der Waals surface area contributed by atoms with Gasteiger partial charge in [0.15, 0.2) is 5.16 Å². The number of rotatable bonds is 9. The number of thioether (sulfide) groups is 1. The van der Waals surface area contributed by atoms with Gasteiger partial charge in [-0.1, -0.05) is 23.9 Å². The van der Waals surface area contributed by atoms with E-state index in [0.29, 0.717) is 40.7 Å². The van der Waals surface area contributed by atoms with Crippen molar-refractivity contribution < 1.29 is 9.53 Å². The van der Waals surface area contributed by atoms with Gasteiger partial charge < -0.3 is 4.74 Å². The van der Waals surface area contributed by atoms with Crippen molar-refractivity contribution in [3.8, 4) is 0 Å². The van der Waals surface area contributed by atoms with Crippen molar-refractivity contribution in [1.82, 2.24) is 9.55 Å². The molecule has 4 aliphatic carbocycles. The smallest absolute Gasteiger partial charge is 0.262 e. The molecule has 0 amide bonds. The van der Waals surface area contributed by atoms with Crippen LogP contribution in [0.25, 0.3) is 10.9 Å². The fourth-order valence-electron chi connectivity index (χ4n) is 6.73. The quantitative estimate of drug-likeness (QED) is 0.300. The third-order valence-corrected chi connectivity index (χ3v) is 8.74. The zero-order valence-corrected chi connectivity index (χ0v) is 20.0. The summed E-state index contributed by atoms with van der Waals surface area (Å²) >= 11 is 1.46. The van der Waals surface area contributed by atoms with E-state index in [4.69, 9.17) is 9.72 Å². The van der Waals surface area contributed by atoms with Gasteiger partial charge in [0.05, 0.1) is 22.8 Å². The Morgan fingerprint density at radius 3 is 2.47 bits per heavy atom. The lowest BCUT2D eigenvalue weighted by molar-refractivity contribution is -0.141. The van der Waals surface area contributed by atoms with Gasteiger partial charge in [-0.25, -0.2) is 4.98 Å². The second-order valence-corrected chi connectivity index (χ2v) is 11.5. The minimum absolute atomic E-state index is 0.0232. The van der Waals surface area contributed by atoms with E-state index in [1.807, 2.05) is 38.1 Å². The van der Waals surface area contributed by atoms with E-state index in [1.54, 1.807) is 4.57 Å². The van der Waals surface area contributed by atoms with Crippen LogP contribution in [0.15, 0.2) is 34.2 Å². The van der Waals surface area contributed by atoms with Crippen LogP contribution in [0.3, 0.4) is 0 Å². The van der Waals surface area contributed by atoms with Gasteiger partial charge in [-0.3, -0.25) is 14.2 Å². The highest BCUT2D eigenvalue weighted by atomic mass is 32.2. The molecule has 2 aromatic rings. The monoisotopic (exact) mass is 454 g/mol. The number of fused-ring (bicyclic) bond motifs is 1.